The molecule has 0 unspecified atom stereocenters. The summed E-state index contributed by atoms with van der Waals surface area (Å²) in [6, 6.07) is -10.2. The lowest BCUT2D eigenvalue weighted by molar-refractivity contribution is -0.142. The van der Waals surface area contributed by atoms with Gasteiger partial charge >= 0.3 is 5.97 Å². The van der Waals surface area contributed by atoms with Crippen molar-refractivity contribution in [1.82, 2.24) is 31.9 Å². The average molecular weight is 740 g/mol. The third-order valence-electron chi connectivity index (χ3n) is 6.83. The molecule has 0 aromatic heterocycles. The molecule has 0 saturated heterocycles. The lowest BCUT2D eigenvalue weighted by Crippen LogP contribution is -2.62. The summed E-state index contributed by atoms with van der Waals surface area (Å²) < 4.78 is 0. The summed E-state index contributed by atoms with van der Waals surface area (Å²) >= 11 is 7.87. The van der Waals surface area contributed by atoms with E-state index in [4.69, 9.17) is 22.3 Å². The van der Waals surface area contributed by atoms with Crippen LogP contribution < -0.4 is 49.1 Å². The Kier molecular flexibility index (Phi) is 21.1. The summed E-state index contributed by atoms with van der Waals surface area (Å²) in [5.41, 5.74) is 16.5. The van der Waals surface area contributed by atoms with Crippen LogP contribution in [0.25, 0.3) is 0 Å². The lowest BCUT2D eigenvalue weighted by atomic mass is 10.1. The number of carbonyl (C=O) groups is 8. The number of primary amides is 1. The van der Waals surface area contributed by atoms with Crippen molar-refractivity contribution in [2.75, 3.05) is 18.1 Å². The number of carboxylic acid groups (broad SMARTS) is 1. The summed E-state index contributed by atoms with van der Waals surface area (Å²) in [6.45, 7) is 3.85. The number of unbranched alkanes of at least 4 members (excludes halogenated alkanes) is 1. The molecule has 0 fully saturated rings. The normalized spacial score (nSPS) is 16.5. The molecule has 7 amide bonds. The molecular formula is C27H49N9O11S2. The van der Waals surface area contributed by atoms with Crippen molar-refractivity contribution in [1.29, 1.82) is 0 Å². The van der Waals surface area contributed by atoms with Crippen molar-refractivity contribution in [3.63, 3.8) is 0 Å². The average Bonchev–Trinajstić information content (AvgIpc) is 3.01. The lowest BCUT2D eigenvalue weighted by Gasteiger charge is -2.27. The van der Waals surface area contributed by atoms with E-state index in [-0.39, 0.29) is 11.5 Å². The Labute approximate surface area is 294 Å². The second-order valence-electron chi connectivity index (χ2n) is 11.1. The van der Waals surface area contributed by atoms with Crippen molar-refractivity contribution in [3.05, 3.63) is 0 Å². The van der Waals surface area contributed by atoms with Crippen LogP contribution in [-0.2, 0) is 38.4 Å². The molecule has 0 aliphatic carbocycles. The van der Waals surface area contributed by atoms with Crippen LogP contribution in [0.2, 0.25) is 0 Å². The molecule has 0 aromatic carbocycles. The SMILES string of the molecule is C[C@H](NC(=O)[C@@H](NC(=O)[C@H](CC(N)=O)NC(=O)[C@H](CS)NC(=O)[C@@H](N)CCCCN)[C@@H](C)O)C(=O)N[C@H](C(=O)N[C@@H](CS)C(=O)O)[C@@H](C)O. The molecule has 20 nitrogen and oxygen atoms in total. The van der Waals surface area contributed by atoms with Gasteiger partial charge in [0.05, 0.1) is 24.7 Å². The number of aliphatic hydroxyl groups is 2. The van der Waals surface area contributed by atoms with E-state index in [1.54, 1.807) is 0 Å². The number of thiol groups is 2. The molecule has 0 radical (unpaired) electrons. The molecular weight excluding hydrogens is 690 g/mol. The zero-order chi connectivity index (χ0) is 38.0. The van der Waals surface area contributed by atoms with Gasteiger partial charge in [0.25, 0.3) is 0 Å². The zero-order valence-electron chi connectivity index (χ0n) is 27.4. The molecule has 0 aliphatic rings. The Hall–Kier alpha value is -3.70. The van der Waals surface area contributed by atoms with Crippen LogP contribution >= 0.6 is 25.3 Å². The van der Waals surface area contributed by atoms with Gasteiger partial charge in [0.15, 0.2) is 0 Å². The molecule has 0 saturated carbocycles. The smallest absolute Gasteiger partial charge is 0.327 e. The summed E-state index contributed by atoms with van der Waals surface area (Å²) in [6.07, 6.45) is -2.36. The summed E-state index contributed by atoms with van der Waals surface area (Å²) in [7, 11) is 0. The molecule has 0 bridgehead atoms. The Morgan fingerprint density at radius 3 is 1.53 bits per heavy atom. The van der Waals surface area contributed by atoms with E-state index in [2.05, 4.69) is 57.2 Å². The first-order valence-corrected chi connectivity index (χ1v) is 16.4. The number of carbonyl (C=O) groups excluding carboxylic acids is 7. The van der Waals surface area contributed by atoms with Gasteiger partial charge in [0, 0.05) is 11.5 Å². The number of hydrogen-bond donors (Lipinski definition) is 14. The van der Waals surface area contributed by atoms with Gasteiger partial charge in [-0.2, -0.15) is 25.3 Å². The molecule has 0 heterocycles. The van der Waals surface area contributed by atoms with Gasteiger partial charge in [-0.3, -0.25) is 33.6 Å². The predicted molar refractivity (Wildman–Crippen MR) is 181 cm³/mol. The van der Waals surface area contributed by atoms with Crippen LogP contribution in [0.1, 0.15) is 46.5 Å². The van der Waals surface area contributed by atoms with Gasteiger partial charge in [0.2, 0.25) is 41.4 Å². The van der Waals surface area contributed by atoms with Gasteiger partial charge in [-0.25, -0.2) is 4.79 Å². The second-order valence-corrected chi connectivity index (χ2v) is 11.9. The van der Waals surface area contributed by atoms with Gasteiger partial charge in [-0.1, -0.05) is 6.42 Å². The fourth-order valence-electron chi connectivity index (χ4n) is 3.95. The third kappa shape index (κ3) is 16.5. The van der Waals surface area contributed by atoms with Crippen LogP contribution in [0.5, 0.6) is 0 Å². The molecule has 22 heteroatoms. The first kappa shape index (κ1) is 45.3. The standard InChI is InChI=1S/C27H49N9O11S2/c1-11(21(40)35-20(13(3)38)26(45)34-17(10-49)27(46)47)31-25(44)19(12(2)37)36-23(42)15(8-18(30)39)32-24(43)16(9-48)33-22(41)14(29)6-4-5-7-28/h11-17,19-20,37-38,48-49H,4-10,28-29H2,1-3H3,(H2,30,39)(H,31,44)(H,32,43)(H,33,41)(H,34,45)(H,35,40)(H,36,42)(H,46,47)/t11-,12+,13+,14-,15-,16-,17-,19-,20-/m0/s1. The fourth-order valence-corrected chi connectivity index (χ4v) is 4.46. The van der Waals surface area contributed by atoms with E-state index in [9.17, 15) is 48.6 Å². The molecule has 49 heavy (non-hydrogen) atoms. The minimum atomic E-state index is -1.76. The molecule has 0 aliphatic heterocycles. The van der Waals surface area contributed by atoms with E-state index in [0.717, 1.165) is 13.8 Å². The van der Waals surface area contributed by atoms with Crippen LogP contribution in [0.15, 0.2) is 0 Å². The number of nitrogens with one attached hydrogen (secondary N) is 6. The minimum Gasteiger partial charge on any atom is -0.480 e. The van der Waals surface area contributed by atoms with E-state index in [0.29, 0.717) is 25.8 Å². The zero-order valence-corrected chi connectivity index (χ0v) is 29.2. The Morgan fingerprint density at radius 1 is 0.633 bits per heavy atom. The first-order chi connectivity index (χ1) is 22.8. The maximum atomic E-state index is 13.1. The van der Waals surface area contributed by atoms with E-state index < -0.39 is 108 Å². The largest absolute Gasteiger partial charge is 0.480 e. The highest BCUT2D eigenvalue weighted by Gasteiger charge is 2.35. The first-order valence-electron chi connectivity index (χ1n) is 15.2. The maximum absolute atomic E-state index is 13.1. The molecule has 9 atom stereocenters. The van der Waals surface area contributed by atoms with Crippen molar-refractivity contribution in [2.45, 2.75) is 101 Å². The van der Waals surface area contributed by atoms with Gasteiger partial charge < -0.3 is 64.4 Å². The van der Waals surface area contributed by atoms with Crippen molar-refractivity contribution in [2.24, 2.45) is 17.2 Å². The summed E-state index contributed by atoms with van der Waals surface area (Å²) in [5.74, 6) is -8.90. The maximum Gasteiger partial charge on any atom is 0.327 e. The number of hydrogen-bond acceptors (Lipinski definition) is 14. The van der Waals surface area contributed by atoms with E-state index in [1.165, 1.54) is 6.92 Å². The van der Waals surface area contributed by atoms with Crippen LogP contribution in [0.3, 0.4) is 0 Å². The third-order valence-corrected chi connectivity index (χ3v) is 7.56. The number of nitrogens with two attached hydrogens (primary N) is 3. The Balaban J connectivity index is 5.66. The van der Waals surface area contributed by atoms with Gasteiger partial charge in [-0.05, 0) is 40.2 Å². The number of amides is 7. The van der Waals surface area contributed by atoms with Crippen LogP contribution in [0.4, 0.5) is 0 Å². The molecule has 0 rings (SSSR count). The second kappa shape index (κ2) is 22.8. The Morgan fingerprint density at radius 2 is 1.08 bits per heavy atom. The molecule has 280 valence electrons. The topological polar surface area (TPSA) is 347 Å². The minimum absolute atomic E-state index is 0.233. The quantitative estimate of drug-likeness (QED) is 0.0343. The van der Waals surface area contributed by atoms with Crippen LogP contribution in [0, 0.1) is 0 Å². The van der Waals surface area contributed by atoms with E-state index >= 15 is 0 Å². The monoisotopic (exact) mass is 739 g/mol. The number of rotatable bonds is 23. The number of aliphatic hydroxyl groups excluding tert-OH is 2. The van der Waals surface area contributed by atoms with Crippen LogP contribution in [-0.4, -0.2) is 135 Å². The van der Waals surface area contributed by atoms with E-state index in [1.807, 2.05) is 0 Å². The van der Waals surface area contributed by atoms with Crippen molar-refractivity contribution in [3.8, 4) is 0 Å². The highest BCUT2D eigenvalue weighted by molar-refractivity contribution is 7.80. The van der Waals surface area contributed by atoms with Crippen molar-refractivity contribution >= 4 is 72.6 Å². The summed E-state index contributed by atoms with van der Waals surface area (Å²) in [4.78, 5) is 99.8. The summed E-state index contributed by atoms with van der Waals surface area (Å²) in [5, 5.41) is 42.7. The van der Waals surface area contributed by atoms with Gasteiger partial charge in [0.1, 0.15) is 36.3 Å². The Bertz CT molecular complexity index is 1180. The molecule has 0 aromatic rings. The molecule has 15 N–H and O–H groups in total. The number of carboxylic acids is 1. The highest BCUT2D eigenvalue weighted by atomic mass is 32.1. The molecule has 0 spiro atoms. The van der Waals surface area contributed by atoms with Gasteiger partial charge in [-0.15, -0.1) is 0 Å². The van der Waals surface area contributed by atoms with Crippen molar-refractivity contribution < 1.29 is 53.7 Å². The number of aliphatic carboxylic acids is 1. The highest BCUT2D eigenvalue weighted by Crippen LogP contribution is 2.04. The fraction of sp³-hybridized carbons (Fsp3) is 0.704. The predicted octanol–water partition coefficient (Wildman–Crippen LogP) is -6.05.